The van der Waals surface area contributed by atoms with Crippen LogP contribution in [0.25, 0.3) is 0 Å². The predicted molar refractivity (Wildman–Crippen MR) is 66.2 cm³/mol. The summed E-state index contributed by atoms with van der Waals surface area (Å²) in [6.07, 6.45) is 0.126. The maximum atomic E-state index is 5.96. The van der Waals surface area contributed by atoms with Crippen molar-refractivity contribution in [3.63, 3.8) is 0 Å². The Bertz CT molecular complexity index is 353. The fraction of sp³-hybridized carbons (Fsp3) is 0.500. The molecule has 2 atom stereocenters. The fourth-order valence-corrected chi connectivity index (χ4v) is 2.11. The Hall–Kier alpha value is -0.420. The molecule has 1 aromatic carbocycles. The van der Waals surface area contributed by atoms with Gasteiger partial charge in [-0.3, -0.25) is 0 Å². The third-order valence-corrected chi connectivity index (χ3v) is 3.09. The Morgan fingerprint density at radius 3 is 2.75 bits per heavy atom. The SMILES string of the molecule is CC(N)C(OC1COC1)c1cccc(Br)c1. The highest BCUT2D eigenvalue weighted by atomic mass is 79.9. The molecule has 0 saturated carbocycles. The van der Waals surface area contributed by atoms with Gasteiger partial charge in [-0.2, -0.15) is 0 Å². The van der Waals surface area contributed by atoms with Crippen LogP contribution in [0.5, 0.6) is 0 Å². The van der Waals surface area contributed by atoms with Gasteiger partial charge in [-0.25, -0.2) is 0 Å². The first-order valence-electron chi connectivity index (χ1n) is 5.41. The molecule has 1 saturated heterocycles. The Morgan fingerprint density at radius 1 is 1.50 bits per heavy atom. The summed E-state index contributed by atoms with van der Waals surface area (Å²) in [5.74, 6) is 0. The quantitative estimate of drug-likeness (QED) is 0.923. The zero-order valence-corrected chi connectivity index (χ0v) is 10.8. The van der Waals surface area contributed by atoms with Gasteiger partial charge in [-0.05, 0) is 24.6 Å². The number of benzene rings is 1. The maximum Gasteiger partial charge on any atom is 0.105 e. The number of rotatable bonds is 4. The Morgan fingerprint density at radius 2 is 2.25 bits per heavy atom. The lowest BCUT2D eigenvalue weighted by molar-refractivity contribution is -0.159. The molecule has 3 nitrogen and oxygen atoms in total. The standard InChI is InChI=1S/C12H16BrNO2/c1-8(14)12(16-11-6-15-7-11)9-3-2-4-10(13)5-9/h2-5,8,11-12H,6-7,14H2,1H3. The van der Waals surface area contributed by atoms with E-state index >= 15 is 0 Å². The molecule has 0 radical (unpaired) electrons. The molecule has 1 aliphatic rings. The van der Waals surface area contributed by atoms with Crippen molar-refractivity contribution in [2.45, 2.75) is 25.2 Å². The third-order valence-electron chi connectivity index (χ3n) is 2.60. The van der Waals surface area contributed by atoms with Gasteiger partial charge < -0.3 is 15.2 Å². The predicted octanol–water partition coefficient (Wildman–Crippen LogP) is 2.25. The number of nitrogens with two attached hydrogens (primary N) is 1. The van der Waals surface area contributed by atoms with Crippen molar-refractivity contribution in [2.24, 2.45) is 5.73 Å². The molecule has 0 bridgehead atoms. The van der Waals surface area contributed by atoms with Crippen LogP contribution in [-0.2, 0) is 9.47 Å². The molecule has 88 valence electrons. The molecule has 2 N–H and O–H groups in total. The fourth-order valence-electron chi connectivity index (χ4n) is 1.69. The molecule has 0 spiro atoms. The second kappa shape index (κ2) is 5.27. The van der Waals surface area contributed by atoms with Crippen LogP contribution in [0.3, 0.4) is 0 Å². The van der Waals surface area contributed by atoms with E-state index in [9.17, 15) is 0 Å². The number of ether oxygens (including phenoxy) is 2. The second-order valence-corrected chi connectivity index (χ2v) is 5.05. The number of halogens is 1. The average molecular weight is 286 g/mol. The molecule has 1 heterocycles. The monoisotopic (exact) mass is 285 g/mol. The number of hydrogen-bond donors (Lipinski definition) is 1. The topological polar surface area (TPSA) is 44.5 Å². The molecule has 0 aromatic heterocycles. The minimum absolute atomic E-state index is 0.0325. The summed E-state index contributed by atoms with van der Waals surface area (Å²) in [7, 11) is 0. The highest BCUT2D eigenvalue weighted by Crippen LogP contribution is 2.26. The zero-order chi connectivity index (χ0) is 11.5. The molecular formula is C12H16BrNO2. The van der Waals surface area contributed by atoms with Gasteiger partial charge in [-0.1, -0.05) is 28.1 Å². The minimum Gasteiger partial charge on any atom is -0.376 e. The van der Waals surface area contributed by atoms with Crippen molar-refractivity contribution in [3.8, 4) is 0 Å². The van der Waals surface area contributed by atoms with Crippen molar-refractivity contribution in [3.05, 3.63) is 34.3 Å². The molecule has 1 aliphatic heterocycles. The van der Waals surface area contributed by atoms with Crippen LogP contribution in [0.15, 0.2) is 28.7 Å². The van der Waals surface area contributed by atoms with Gasteiger partial charge in [0.1, 0.15) is 6.10 Å². The smallest absolute Gasteiger partial charge is 0.105 e. The largest absolute Gasteiger partial charge is 0.376 e. The van der Waals surface area contributed by atoms with Gasteiger partial charge in [0.05, 0.1) is 19.3 Å². The lowest BCUT2D eigenvalue weighted by Crippen LogP contribution is -2.40. The van der Waals surface area contributed by atoms with E-state index < -0.39 is 0 Å². The molecule has 1 fully saturated rings. The van der Waals surface area contributed by atoms with Gasteiger partial charge in [-0.15, -0.1) is 0 Å². The van der Waals surface area contributed by atoms with E-state index in [0.717, 1.165) is 10.0 Å². The first kappa shape index (κ1) is 12.0. The van der Waals surface area contributed by atoms with Gasteiger partial charge >= 0.3 is 0 Å². The lowest BCUT2D eigenvalue weighted by atomic mass is 10.0. The minimum atomic E-state index is -0.0635. The van der Waals surface area contributed by atoms with Crippen LogP contribution in [0.1, 0.15) is 18.6 Å². The van der Waals surface area contributed by atoms with Crippen LogP contribution < -0.4 is 5.73 Å². The summed E-state index contributed by atoms with van der Waals surface area (Å²) in [6, 6.07) is 8.05. The number of hydrogen-bond acceptors (Lipinski definition) is 3. The third kappa shape index (κ3) is 2.83. The first-order valence-corrected chi connectivity index (χ1v) is 6.20. The maximum absolute atomic E-state index is 5.96. The van der Waals surface area contributed by atoms with Crippen molar-refractivity contribution < 1.29 is 9.47 Å². The molecule has 2 rings (SSSR count). The van der Waals surface area contributed by atoms with Gasteiger partial charge in [0.2, 0.25) is 0 Å². The average Bonchev–Trinajstić information content (AvgIpc) is 2.15. The summed E-state index contributed by atoms with van der Waals surface area (Å²) in [6.45, 7) is 3.32. The van der Waals surface area contributed by atoms with E-state index in [0.29, 0.717) is 13.2 Å². The second-order valence-electron chi connectivity index (χ2n) is 4.13. The van der Waals surface area contributed by atoms with E-state index in [-0.39, 0.29) is 18.2 Å². The zero-order valence-electron chi connectivity index (χ0n) is 9.23. The summed E-state index contributed by atoms with van der Waals surface area (Å²) >= 11 is 3.46. The van der Waals surface area contributed by atoms with Crippen molar-refractivity contribution in [1.82, 2.24) is 0 Å². The highest BCUT2D eigenvalue weighted by Gasteiger charge is 2.26. The summed E-state index contributed by atoms with van der Waals surface area (Å²) in [5, 5.41) is 0. The van der Waals surface area contributed by atoms with E-state index in [1.54, 1.807) is 0 Å². The summed E-state index contributed by atoms with van der Waals surface area (Å²) < 4.78 is 12.1. The summed E-state index contributed by atoms with van der Waals surface area (Å²) in [4.78, 5) is 0. The van der Waals surface area contributed by atoms with E-state index in [4.69, 9.17) is 15.2 Å². The Balaban J connectivity index is 2.11. The molecular weight excluding hydrogens is 270 g/mol. The van der Waals surface area contributed by atoms with Crippen molar-refractivity contribution >= 4 is 15.9 Å². The molecule has 4 heteroatoms. The Kier molecular flexibility index (Phi) is 3.97. The first-order chi connectivity index (χ1) is 7.66. The summed E-state index contributed by atoms with van der Waals surface area (Å²) in [5.41, 5.74) is 7.07. The normalized spacial score (nSPS) is 20.2. The van der Waals surface area contributed by atoms with Gasteiger partial charge in [0.25, 0.3) is 0 Å². The molecule has 2 unspecified atom stereocenters. The van der Waals surface area contributed by atoms with Crippen LogP contribution in [-0.4, -0.2) is 25.4 Å². The molecule has 1 aromatic rings. The molecule has 16 heavy (non-hydrogen) atoms. The van der Waals surface area contributed by atoms with Gasteiger partial charge in [0.15, 0.2) is 0 Å². The van der Waals surface area contributed by atoms with E-state index in [1.807, 2.05) is 31.2 Å². The van der Waals surface area contributed by atoms with Crippen molar-refractivity contribution in [1.29, 1.82) is 0 Å². The van der Waals surface area contributed by atoms with Gasteiger partial charge in [0, 0.05) is 10.5 Å². The van der Waals surface area contributed by atoms with Crippen molar-refractivity contribution in [2.75, 3.05) is 13.2 Å². The van der Waals surface area contributed by atoms with E-state index in [1.165, 1.54) is 0 Å². The van der Waals surface area contributed by atoms with Crippen LogP contribution in [0.2, 0.25) is 0 Å². The molecule has 0 aliphatic carbocycles. The van der Waals surface area contributed by atoms with E-state index in [2.05, 4.69) is 15.9 Å². The lowest BCUT2D eigenvalue weighted by Gasteiger charge is -2.32. The molecule has 0 amide bonds. The van der Waals surface area contributed by atoms with Crippen LogP contribution in [0.4, 0.5) is 0 Å². The highest BCUT2D eigenvalue weighted by molar-refractivity contribution is 9.10. The van der Waals surface area contributed by atoms with Crippen LogP contribution in [0, 0.1) is 0 Å². The Labute approximate surface area is 104 Å². The van der Waals surface area contributed by atoms with Crippen LogP contribution >= 0.6 is 15.9 Å².